The summed E-state index contributed by atoms with van der Waals surface area (Å²) < 4.78 is 5.26. The molecule has 3 rings (SSSR count). The molecule has 0 aliphatic carbocycles. The minimum atomic E-state index is -0.369. The second kappa shape index (κ2) is 8.99. The summed E-state index contributed by atoms with van der Waals surface area (Å²) >= 11 is 0. The van der Waals surface area contributed by atoms with Gasteiger partial charge >= 0.3 is 0 Å². The van der Waals surface area contributed by atoms with Gasteiger partial charge in [0.25, 0.3) is 11.8 Å². The first kappa shape index (κ1) is 19.4. The molecule has 2 N–H and O–H groups in total. The van der Waals surface area contributed by atoms with Gasteiger partial charge in [-0.2, -0.15) is 0 Å². The molecule has 0 unspecified atom stereocenters. The second-order valence-electron chi connectivity index (χ2n) is 6.44. The second-order valence-corrected chi connectivity index (χ2v) is 6.44. The minimum Gasteiger partial charge on any atom is -0.360 e. The quantitative estimate of drug-likeness (QED) is 0.597. The van der Waals surface area contributed by atoms with Gasteiger partial charge in [-0.15, -0.1) is 0 Å². The number of anilines is 1. The zero-order valence-corrected chi connectivity index (χ0v) is 16.0. The number of para-hydroxylation sites is 1. The number of aromatic nitrogens is 1. The van der Waals surface area contributed by atoms with Gasteiger partial charge in [-0.25, -0.2) is 0 Å². The fourth-order valence-electron chi connectivity index (χ4n) is 2.88. The van der Waals surface area contributed by atoms with Crippen LogP contribution < -0.4 is 10.6 Å². The van der Waals surface area contributed by atoms with Gasteiger partial charge in [0.15, 0.2) is 0 Å². The van der Waals surface area contributed by atoms with Crippen molar-refractivity contribution in [1.29, 1.82) is 0 Å². The van der Waals surface area contributed by atoms with Crippen LogP contribution in [0.25, 0.3) is 11.3 Å². The van der Waals surface area contributed by atoms with Gasteiger partial charge in [-0.05, 0) is 25.5 Å². The topological polar surface area (TPSA) is 84.2 Å². The van der Waals surface area contributed by atoms with E-state index in [0.29, 0.717) is 34.8 Å². The first-order valence-corrected chi connectivity index (χ1v) is 9.32. The largest absolute Gasteiger partial charge is 0.360 e. The number of rotatable bonds is 7. The number of nitrogens with one attached hydrogen (secondary N) is 2. The molecule has 0 saturated heterocycles. The maximum absolute atomic E-state index is 13.0. The van der Waals surface area contributed by atoms with E-state index in [0.717, 1.165) is 18.4 Å². The maximum Gasteiger partial charge on any atom is 0.261 e. The van der Waals surface area contributed by atoms with Gasteiger partial charge in [0.1, 0.15) is 17.0 Å². The molecule has 0 spiro atoms. The summed E-state index contributed by atoms with van der Waals surface area (Å²) in [6.45, 7) is 4.35. The molecule has 0 aliphatic heterocycles. The van der Waals surface area contributed by atoms with Gasteiger partial charge < -0.3 is 15.2 Å². The molecule has 28 heavy (non-hydrogen) atoms. The summed E-state index contributed by atoms with van der Waals surface area (Å²) in [4.78, 5) is 25.5. The molecule has 6 nitrogen and oxygen atoms in total. The van der Waals surface area contributed by atoms with E-state index < -0.39 is 0 Å². The zero-order valence-electron chi connectivity index (χ0n) is 16.0. The smallest absolute Gasteiger partial charge is 0.261 e. The first-order chi connectivity index (χ1) is 13.6. The van der Waals surface area contributed by atoms with Crippen LogP contribution in [0.15, 0.2) is 59.1 Å². The normalized spacial score (nSPS) is 10.5. The average molecular weight is 377 g/mol. The summed E-state index contributed by atoms with van der Waals surface area (Å²) in [6, 6.07) is 16.3. The van der Waals surface area contributed by atoms with Gasteiger partial charge in [0.05, 0.1) is 11.3 Å². The highest BCUT2D eigenvalue weighted by molar-refractivity contribution is 6.11. The lowest BCUT2D eigenvalue weighted by Crippen LogP contribution is -2.26. The number of hydrogen-bond acceptors (Lipinski definition) is 4. The van der Waals surface area contributed by atoms with Gasteiger partial charge in [-0.1, -0.05) is 61.0 Å². The van der Waals surface area contributed by atoms with Crippen molar-refractivity contribution < 1.29 is 14.1 Å². The van der Waals surface area contributed by atoms with Gasteiger partial charge in [-0.3, -0.25) is 9.59 Å². The lowest BCUT2D eigenvalue weighted by atomic mass is 10.1. The Balaban J connectivity index is 1.85. The third-order valence-electron chi connectivity index (χ3n) is 4.37. The van der Waals surface area contributed by atoms with Crippen LogP contribution in [0.2, 0.25) is 0 Å². The van der Waals surface area contributed by atoms with Crippen molar-refractivity contribution in [2.75, 3.05) is 11.9 Å². The predicted octanol–water partition coefficient (Wildman–Crippen LogP) is 4.43. The Morgan fingerprint density at radius 2 is 1.71 bits per heavy atom. The van der Waals surface area contributed by atoms with E-state index in [1.54, 1.807) is 31.2 Å². The van der Waals surface area contributed by atoms with Crippen molar-refractivity contribution in [3.8, 4) is 11.3 Å². The third kappa shape index (κ3) is 4.28. The first-order valence-electron chi connectivity index (χ1n) is 9.32. The Bertz CT molecular complexity index is 964. The van der Waals surface area contributed by atoms with Crippen LogP contribution in [-0.2, 0) is 0 Å². The van der Waals surface area contributed by atoms with E-state index in [1.165, 1.54) is 0 Å². The van der Waals surface area contributed by atoms with Gasteiger partial charge in [0, 0.05) is 12.1 Å². The summed E-state index contributed by atoms with van der Waals surface area (Å²) in [5.74, 6) is -0.165. The number of nitrogens with zero attached hydrogens (tertiary/aromatic N) is 1. The average Bonchev–Trinajstić information content (AvgIpc) is 3.10. The zero-order chi connectivity index (χ0) is 19.9. The Morgan fingerprint density at radius 3 is 2.46 bits per heavy atom. The van der Waals surface area contributed by atoms with Crippen LogP contribution in [0, 0.1) is 6.92 Å². The van der Waals surface area contributed by atoms with E-state index >= 15 is 0 Å². The molecular weight excluding hydrogens is 354 g/mol. The molecule has 0 radical (unpaired) electrons. The Labute approximate surface area is 163 Å². The molecule has 2 aromatic carbocycles. The molecule has 0 bridgehead atoms. The fraction of sp³-hybridized carbons (Fsp3) is 0.227. The number of unbranched alkanes of at least 4 members (excludes halogenated alkanes) is 1. The number of hydrogen-bond donors (Lipinski definition) is 2. The molecule has 1 aromatic heterocycles. The summed E-state index contributed by atoms with van der Waals surface area (Å²) in [6.07, 6.45) is 1.90. The van der Waals surface area contributed by atoms with Crippen molar-refractivity contribution >= 4 is 17.5 Å². The van der Waals surface area contributed by atoms with Crippen LogP contribution in [0.3, 0.4) is 0 Å². The molecular formula is C22H23N3O3. The highest BCUT2D eigenvalue weighted by atomic mass is 16.5. The lowest BCUT2D eigenvalue weighted by Gasteiger charge is -2.11. The van der Waals surface area contributed by atoms with E-state index in [1.807, 2.05) is 30.3 Å². The molecule has 0 saturated carbocycles. The number of amides is 2. The molecule has 0 aliphatic rings. The van der Waals surface area contributed by atoms with Crippen LogP contribution in [0.5, 0.6) is 0 Å². The van der Waals surface area contributed by atoms with E-state index in [9.17, 15) is 9.59 Å². The van der Waals surface area contributed by atoms with Crippen molar-refractivity contribution in [2.24, 2.45) is 0 Å². The van der Waals surface area contributed by atoms with Crippen molar-refractivity contribution in [3.63, 3.8) is 0 Å². The SMILES string of the molecule is CCCCNC(=O)c1ccccc1NC(=O)c1c(-c2ccccc2)noc1C. The molecule has 144 valence electrons. The number of carbonyl (C=O) groups is 2. The molecule has 0 atom stereocenters. The molecule has 0 fully saturated rings. The van der Waals surface area contributed by atoms with Crippen molar-refractivity contribution in [2.45, 2.75) is 26.7 Å². The highest BCUT2D eigenvalue weighted by Gasteiger charge is 2.23. The van der Waals surface area contributed by atoms with Crippen LogP contribution in [-0.4, -0.2) is 23.5 Å². The molecule has 3 aromatic rings. The summed E-state index contributed by atoms with van der Waals surface area (Å²) in [7, 11) is 0. The van der Waals surface area contributed by atoms with E-state index in [-0.39, 0.29) is 11.8 Å². The number of benzene rings is 2. The number of aryl methyl sites for hydroxylation is 1. The Hall–Kier alpha value is -3.41. The summed E-state index contributed by atoms with van der Waals surface area (Å²) in [5.41, 5.74) is 2.48. The van der Waals surface area contributed by atoms with Crippen LogP contribution >= 0.6 is 0 Å². The van der Waals surface area contributed by atoms with E-state index in [2.05, 4.69) is 22.7 Å². The van der Waals surface area contributed by atoms with Gasteiger partial charge in [0.2, 0.25) is 0 Å². The lowest BCUT2D eigenvalue weighted by molar-refractivity contribution is 0.0954. The number of carbonyl (C=O) groups excluding carboxylic acids is 2. The molecule has 6 heteroatoms. The minimum absolute atomic E-state index is 0.213. The standard InChI is InChI=1S/C22H23N3O3/c1-3-4-14-23-21(26)17-12-8-9-13-18(17)24-22(27)19-15(2)28-25-20(19)16-10-6-5-7-11-16/h5-13H,3-4,14H2,1-2H3,(H,23,26)(H,24,27). The van der Waals surface area contributed by atoms with Crippen LogP contribution in [0.4, 0.5) is 5.69 Å². The molecule has 2 amide bonds. The predicted molar refractivity (Wildman–Crippen MR) is 108 cm³/mol. The van der Waals surface area contributed by atoms with Crippen molar-refractivity contribution in [3.05, 3.63) is 71.5 Å². The highest BCUT2D eigenvalue weighted by Crippen LogP contribution is 2.26. The summed E-state index contributed by atoms with van der Waals surface area (Å²) in [5, 5.41) is 9.75. The van der Waals surface area contributed by atoms with Crippen molar-refractivity contribution in [1.82, 2.24) is 10.5 Å². The maximum atomic E-state index is 13.0. The Morgan fingerprint density at radius 1 is 1.00 bits per heavy atom. The van der Waals surface area contributed by atoms with Crippen LogP contribution in [0.1, 0.15) is 46.2 Å². The fourth-order valence-corrected chi connectivity index (χ4v) is 2.88. The Kier molecular flexibility index (Phi) is 6.22. The van der Waals surface area contributed by atoms with E-state index in [4.69, 9.17) is 4.52 Å². The third-order valence-corrected chi connectivity index (χ3v) is 4.37. The molecule has 1 heterocycles. The monoisotopic (exact) mass is 377 g/mol.